The molecule has 0 spiro atoms. The number of aromatic amines is 2. The molecule has 53 heavy (non-hydrogen) atoms. The highest BCUT2D eigenvalue weighted by atomic mass is 19.1. The molecule has 2 aliphatic heterocycles. The molecule has 12 nitrogen and oxygen atoms in total. The fraction of sp³-hybridized carbons (Fsp3) is 0.487. The first-order chi connectivity index (χ1) is 25.3. The van der Waals surface area contributed by atoms with Gasteiger partial charge < -0.3 is 40.3 Å². The van der Waals surface area contributed by atoms with Crippen LogP contribution in [-0.2, 0) is 41.5 Å². The summed E-state index contributed by atoms with van der Waals surface area (Å²) < 4.78 is 40.6. The topological polar surface area (TPSA) is 163 Å². The van der Waals surface area contributed by atoms with E-state index in [1.165, 1.54) is 38.1 Å². The summed E-state index contributed by atoms with van der Waals surface area (Å²) in [6.07, 6.45) is 1.39. The van der Waals surface area contributed by atoms with Crippen LogP contribution in [0.5, 0.6) is 0 Å². The van der Waals surface area contributed by atoms with Gasteiger partial charge in [-0.25, -0.2) is 8.78 Å². The summed E-state index contributed by atoms with van der Waals surface area (Å²) in [6, 6.07) is 7.01. The molecule has 0 radical (unpaired) electrons. The Morgan fingerprint density at radius 3 is 1.64 bits per heavy atom. The first-order valence-electron chi connectivity index (χ1n) is 18.3. The molecule has 0 aliphatic carbocycles. The predicted octanol–water partition coefficient (Wildman–Crippen LogP) is 4.48. The average molecular weight is 735 g/mol. The zero-order valence-corrected chi connectivity index (χ0v) is 30.8. The lowest BCUT2D eigenvalue weighted by Gasteiger charge is -2.28. The van der Waals surface area contributed by atoms with E-state index < -0.39 is 53.9 Å². The molecule has 0 bridgehead atoms. The maximum absolute atomic E-state index is 14.7. The van der Waals surface area contributed by atoms with Gasteiger partial charge >= 0.3 is 11.9 Å². The van der Waals surface area contributed by atoms with Crippen LogP contribution < -0.4 is 11.1 Å². The highest BCUT2D eigenvalue weighted by Crippen LogP contribution is 2.40. The second-order valence-electron chi connectivity index (χ2n) is 14.2. The molecule has 0 saturated carbocycles. The number of hydrogen-bond acceptors (Lipinski definition) is 8. The number of halogens is 2. The van der Waals surface area contributed by atoms with E-state index in [-0.39, 0.29) is 30.9 Å². The van der Waals surface area contributed by atoms with E-state index in [4.69, 9.17) is 15.2 Å². The van der Waals surface area contributed by atoms with Crippen molar-refractivity contribution in [3.63, 3.8) is 0 Å². The van der Waals surface area contributed by atoms with E-state index in [0.29, 0.717) is 60.9 Å². The van der Waals surface area contributed by atoms with E-state index in [2.05, 4.69) is 15.3 Å². The monoisotopic (exact) mass is 734 g/mol. The molecular weight excluding hydrogens is 686 g/mol. The number of likely N-dealkylation sites (tertiary alicyclic amines) is 2. The molecule has 6 unspecified atom stereocenters. The lowest BCUT2D eigenvalue weighted by Crippen LogP contribution is -2.47. The Morgan fingerprint density at radius 2 is 1.25 bits per heavy atom. The molecule has 2 amide bonds. The van der Waals surface area contributed by atoms with Crippen LogP contribution in [0.15, 0.2) is 36.4 Å². The minimum absolute atomic E-state index is 0.109. The molecule has 284 valence electrons. The van der Waals surface area contributed by atoms with Crippen molar-refractivity contribution < 1.29 is 37.4 Å². The normalized spacial score (nSPS) is 21.4. The Bertz CT molecular complexity index is 2020. The van der Waals surface area contributed by atoms with Crippen molar-refractivity contribution in [3.05, 3.63) is 59.2 Å². The zero-order chi connectivity index (χ0) is 38.1. The maximum atomic E-state index is 14.7. The van der Waals surface area contributed by atoms with E-state index in [0.717, 1.165) is 21.9 Å². The quantitative estimate of drug-likeness (QED) is 0.155. The Labute approximate surface area is 306 Å². The third-order valence-corrected chi connectivity index (χ3v) is 10.7. The van der Waals surface area contributed by atoms with Gasteiger partial charge in [0.15, 0.2) is 0 Å². The Balaban J connectivity index is 1.47. The number of amides is 2. The van der Waals surface area contributed by atoms with Gasteiger partial charge in [0.2, 0.25) is 11.8 Å². The van der Waals surface area contributed by atoms with E-state index >= 15 is 0 Å². The van der Waals surface area contributed by atoms with Gasteiger partial charge in [0, 0.05) is 60.6 Å². The number of nitrogens with two attached hydrogens (primary N) is 1. The van der Waals surface area contributed by atoms with Crippen LogP contribution in [0, 0.1) is 11.6 Å². The minimum Gasteiger partial charge on any atom is -0.461 e. The van der Waals surface area contributed by atoms with E-state index in [9.17, 15) is 28.0 Å². The number of benzene rings is 2. The molecule has 4 heterocycles. The van der Waals surface area contributed by atoms with E-state index in [1.807, 2.05) is 13.8 Å². The van der Waals surface area contributed by atoms with Crippen molar-refractivity contribution in [2.24, 2.45) is 5.73 Å². The minimum atomic E-state index is -0.733. The smallest absolute Gasteiger partial charge is 0.302 e. The third-order valence-electron chi connectivity index (χ3n) is 10.7. The van der Waals surface area contributed by atoms with Gasteiger partial charge in [0.1, 0.15) is 23.8 Å². The molecule has 6 rings (SSSR count). The van der Waals surface area contributed by atoms with Gasteiger partial charge in [-0.1, -0.05) is 13.8 Å². The van der Waals surface area contributed by atoms with Crippen molar-refractivity contribution in [2.45, 2.75) is 103 Å². The number of hydrogen-bond donors (Lipinski definition) is 4. The second kappa shape index (κ2) is 15.7. The van der Waals surface area contributed by atoms with Crippen LogP contribution in [0.4, 0.5) is 8.78 Å². The molecule has 5 N–H and O–H groups in total. The van der Waals surface area contributed by atoms with Crippen molar-refractivity contribution in [2.75, 3.05) is 20.1 Å². The number of likely N-dealkylation sites (N-methyl/N-ethyl adjacent to an activating group) is 1. The molecule has 2 aliphatic rings. The molecule has 2 aromatic carbocycles. The summed E-state index contributed by atoms with van der Waals surface area (Å²) in [5, 5.41) is 4.56. The predicted molar refractivity (Wildman–Crippen MR) is 196 cm³/mol. The largest absolute Gasteiger partial charge is 0.461 e. The highest BCUT2D eigenvalue weighted by Gasteiger charge is 2.41. The van der Waals surface area contributed by atoms with E-state index in [1.54, 1.807) is 29.0 Å². The van der Waals surface area contributed by atoms with Gasteiger partial charge in [-0.2, -0.15) is 0 Å². The number of fused-ring (bicyclic) bond motifs is 2. The SMILES string of the molecule is CCC(N)C(=O)N1CC(OC(C)=O)CC1Cc1c(-c2[nH]c3cc(F)ccc3c2CC2CC(OC(C)=O)CN2C(=O)C(CC)NC)[nH]c2cc(F)ccc12. The van der Waals surface area contributed by atoms with Crippen LogP contribution >= 0.6 is 0 Å². The molecule has 4 aromatic rings. The number of nitrogens with zero attached hydrogens (tertiary/aromatic N) is 2. The van der Waals surface area contributed by atoms with Gasteiger partial charge in [-0.15, -0.1) is 0 Å². The summed E-state index contributed by atoms with van der Waals surface area (Å²) in [4.78, 5) is 61.7. The van der Waals surface area contributed by atoms with Gasteiger partial charge in [0.25, 0.3) is 0 Å². The van der Waals surface area contributed by atoms with Crippen LogP contribution in [0.1, 0.15) is 64.5 Å². The molecule has 2 fully saturated rings. The average Bonchev–Trinajstić information content (AvgIpc) is 3.87. The van der Waals surface area contributed by atoms with Crippen LogP contribution in [0.3, 0.4) is 0 Å². The lowest BCUT2D eigenvalue weighted by atomic mass is 9.94. The summed E-state index contributed by atoms with van der Waals surface area (Å²) in [7, 11) is 1.73. The molecule has 14 heteroatoms. The number of carbonyl (C=O) groups is 4. The van der Waals surface area contributed by atoms with Crippen molar-refractivity contribution >= 4 is 45.6 Å². The molecular formula is C39H48F2N6O6. The number of ether oxygens (including phenoxy) is 2. The number of carbonyl (C=O) groups excluding carboxylic acids is 4. The van der Waals surface area contributed by atoms with Gasteiger partial charge in [0.05, 0.1) is 36.6 Å². The van der Waals surface area contributed by atoms with Gasteiger partial charge in [-0.05, 0) is 80.3 Å². The Hall–Kier alpha value is -4.82. The number of rotatable bonds is 12. The second-order valence-corrected chi connectivity index (χ2v) is 14.2. The number of H-pyrrole nitrogens is 2. The zero-order valence-electron chi connectivity index (χ0n) is 30.8. The Kier molecular flexibility index (Phi) is 11.2. The van der Waals surface area contributed by atoms with Crippen LogP contribution in [0.25, 0.3) is 33.2 Å². The number of esters is 2. The van der Waals surface area contributed by atoms with Crippen LogP contribution in [0.2, 0.25) is 0 Å². The van der Waals surface area contributed by atoms with Crippen molar-refractivity contribution in [1.29, 1.82) is 0 Å². The standard InChI is InChI=1S/C39H48F2N6O6/c1-6-32(42)38(50)46-18-26(52-20(3)48)14-24(46)16-30-28-10-8-22(40)12-34(28)44-36(30)37-31(29-11-9-23(41)13-35(29)45-37)17-25-15-27(53-21(4)49)19-47(25)39(51)33(7-2)43-5/h8-13,24-27,32-33,43-45H,6-7,14-19,42H2,1-5H3. The Morgan fingerprint density at radius 1 is 0.792 bits per heavy atom. The highest BCUT2D eigenvalue weighted by molar-refractivity contribution is 5.96. The molecule has 2 aromatic heterocycles. The summed E-state index contributed by atoms with van der Waals surface area (Å²) >= 11 is 0. The fourth-order valence-electron chi connectivity index (χ4n) is 8.18. The lowest BCUT2D eigenvalue weighted by molar-refractivity contribution is -0.147. The van der Waals surface area contributed by atoms with Crippen LogP contribution in [-0.4, -0.2) is 100 Å². The summed E-state index contributed by atoms with van der Waals surface area (Å²) in [6.45, 7) is 6.86. The number of aromatic nitrogens is 2. The fourth-order valence-corrected chi connectivity index (χ4v) is 8.18. The van der Waals surface area contributed by atoms with Crippen molar-refractivity contribution in [1.82, 2.24) is 25.1 Å². The maximum Gasteiger partial charge on any atom is 0.302 e. The van der Waals surface area contributed by atoms with Crippen molar-refractivity contribution in [3.8, 4) is 11.4 Å². The first-order valence-corrected chi connectivity index (χ1v) is 18.3. The summed E-state index contributed by atoms with van der Waals surface area (Å²) in [5.41, 5.74) is 10.1. The number of nitrogens with one attached hydrogen (secondary N) is 3. The van der Waals surface area contributed by atoms with Gasteiger partial charge in [-0.3, -0.25) is 19.2 Å². The first kappa shape index (κ1) is 37.9. The molecule has 6 atom stereocenters. The summed E-state index contributed by atoms with van der Waals surface area (Å²) in [5.74, 6) is -2.12. The third kappa shape index (κ3) is 7.79. The molecule has 2 saturated heterocycles.